The Balaban J connectivity index is 1.33. The summed E-state index contributed by atoms with van der Waals surface area (Å²) in [6.07, 6.45) is 8.08. The van der Waals surface area contributed by atoms with Crippen molar-refractivity contribution in [1.29, 1.82) is 5.26 Å². The third-order valence-corrected chi connectivity index (χ3v) is 7.38. The van der Waals surface area contributed by atoms with Crippen molar-refractivity contribution in [2.45, 2.75) is 32.4 Å². The Morgan fingerprint density at radius 3 is 2.47 bits per heavy atom. The van der Waals surface area contributed by atoms with Gasteiger partial charge in [-0.2, -0.15) is 10.4 Å². The highest BCUT2D eigenvalue weighted by Crippen LogP contribution is 2.38. The third-order valence-electron chi connectivity index (χ3n) is 7.38. The fourth-order valence-corrected chi connectivity index (χ4v) is 4.98. The molecular formula is C32H25F2N7O2. The van der Waals surface area contributed by atoms with E-state index in [0.717, 1.165) is 24.5 Å². The standard InChI is InChI=1S/C32H25F2N7O2/c1-2-40-16-20(15-38-40)19-11-25(31(36)37-14-19)24-10-7-22(12-27(24)34)39-32(43)26-17-41(23-8-9-23)28(13-35)29(30(26)42)18-3-5-21(33)6-4-18/h3-7,10-12,14-17,23H,2,8-9H2,1H3,(H2,36,37)(H,39,43). The molecule has 1 saturated carbocycles. The van der Waals surface area contributed by atoms with Crippen molar-refractivity contribution < 1.29 is 13.6 Å². The highest BCUT2D eigenvalue weighted by molar-refractivity contribution is 6.05. The van der Waals surface area contributed by atoms with Gasteiger partial charge in [-0.25, -0.2) is 13.8 Å². The van der Waals surface area contributed by atoms with Crippen LogP contribution < -0.4 is 16.5 Å². The minimum absolute atomic E-state index is 0.0101. The molecule has 5 aromatic rings. The first-order valence-corrected chi connectivity index (χ1v) is 13.6. The summed E-state index contributed by atoms with van der Waals surface area (Å²) in [5.41, 5.74) is 7.81. The first kappa shape index (κ1) is 27.5. The van der Waals surface area contributed by atoms with E-state index in [1.165, 1.54) is 42.6 Å². The number of anilines is 2. The molecule has 1 aliphatic rings. The second-order valence-corrected chi connectivity index (χ2v) is 10.2. The molecule has 0 spiro atoms. The second kappa shape index (κ2) is 11.0. The Kier molecular flexibility index (Phi) is 7.03. The number of hydrogen-bond acceptors (Lipinski definition) is 6. The van der Waals surface area contributed by atoms with Crippen LogP contribution in [0.3, 0.4) is 0 Å². The highest BCUT2D eigenvalue weighted by Gasteiger charge is 2.30. The Bertz CT molecular complexity index is 1990. The summed E-state index contributed by atoms with van der Waals surface area (Å²) in [7, 11) is 0. The van der Waals surface area contributed by atoms with Crippen LogP contribution in [0.15, 0.2) is 78.1 Å². The van der Waals surface area contributed by atoms with Gasteiger partial charge in [-0.1, -0.05) is 12.1 Å². The van der Waals surface area contributed by atoms with Crippen LogP contribution in [-0.2, 0) is 6.54 Å². The van der Waals surface area contributed by atoms with Crippen LogP contribution >= 0.6 is 0 Å². The number of aryl methyl sites for hydroxylation is 1. The van der Waals surface area contributed by atoms with E-state index in [1.54, 1.807) is 27.7 Å². The normalized spacial score (nSPS) is 12.6. The molecule has 0 aliphatic heterocycles. The van der Waals surface area contributed by atoms with Gasteiger partial charge in [0.15, 0.2) is 0 Å². The van der Waals surface area contributed by atoms with Crippen molar-refractivity contribution in [3.05, 3.63) is 106 Å². The summed E-state index contributed by atoms with van der Waals surface area (Å²) in [5.74, 6) is -1.79. The molecule has 1 amide bonds. The molecular weight excluding hydrogens is 552 g/mol. The number of rotatable bonds is 7. The zero-order valence-electron chi connectivity index (χ0n) is 23.0. The minimum atomic E-state index is -0.768. The molecule has 6 rings (SSSR count). The van der Waals surface area contributed by atoms with Crippen molar-refractivity contribution in [2.24, 2.45) is 0 Å². The highest BCUT2D eigenvalue weighted by atomic mass is 19.1. The molecule has 0 radical (unpaired) electrons. The summed E-state index contributed by atoms with van der Waals surface area (Å²) in [6, 6.07) is 13.0. The van der Waals surface area contributed by atoms with Gasteiger partial charge < -0.3 is 15.6 Å². The SMILES string of the molecule is CCn1cc(-c2cnc(N)c(-c3ccc(NC(=O)c4cn(C5CC5)c(C#N)c(-c5ccc(F)cc5)c4=O)cc3F)c2)cn1. The van der Waals surface area contributed by atoms with Crippen LogP contribution in [0.2, 0.25) is 0 Å². The number of benzene rings is 2. The number of pyridine rings is 2. The van der Waals surface area contributed by atoms with Gasteiger partial charge in [-0.05, 0) is 61.7 Å². The molecule has 9 nitrogen and oxygen atoms in total. The monoisotopic (exact) mass is 577 g/mol. The van der Waals surface area contributed by atoms with Crippen LogP contribution in [0.4, 0.5) is 20.3 Å². The Morgan fingerprint density at radius 1 is 1.05 bits per heavy atom. The quantitative estimate of drug-likeness (QED) is 0.252. The molecule has 1 fully saturated rings. The Morgan fingerprint density at radius 2 is 1.81 bits per heavy atom. The summed E-state index contributed by atoms with van der Waals surface area (Å²) < 4.78 is 32.4. The number of nitrogens with zero attached hydrogens (tertiary/aromatic N) is 5. The number of hydrogen-bond donors (Lipinski definition) is 2. The van der Waals surface area contributed by atoms with E-state index < -0.39 is 23.0 Å². The van der Waals surface area contributed by atoms with E-state index in [4.69, 9.17) is 5.73 Å². The number of aromatic nitrogens is 4. The van der Waals surface area contributed by atoms with Crippen molar-refractivity contribution in [3.63, 3.8) is 0 Å². The number of halogens is 2. The van der Waals surface area contributed by atoms with Crippen LogP contribution in [0, 0.1) is 23.0 Å². The number of nitrogens with one attached hydrogen (secondary N) is 1. The smallest absolute Gasteiger partial charge is 0.261 e. The van der Waals surface area contributed by atoms with Crippen LogP contribution in [-0.4, -0.2) is 25.2 Å². The van der Waals surface area contributed by atoms with Crippen LogP contribution in [0.5, 0.6) is 0 Å². The Labute approximate surface area is 244 Å². The van der Waals surface area contributed by atoms with Crippen molar-refractivity contribution in [2.75, 3.05) is 11.1 Å². The van der Waals surface area contributed by atoms with Gasteiger partial charge in [-0.3, -0.25) is 14.3 Å². The lowest BCUT2D eigenvalue weighted by atomic mass is 10.00. The summed E-state index contributed by atoms with van der Waals surface area (Å²) in [5, 5.41) is 16.8. The predicted molar refractivity (Wildman–Crippen MR) is 158 cm³/mol. The van der Waals surface area contributed by atoms with E-state index >= 15 is 4.39 Å². The lowest BCUT2D eigenvalue weighted by Crippen LogP contribution is -2.26. The maximum Gasteiger partial charge on any atom is 0.261 e. The molecule has 3 heterocycles. The summed E-state index contributed by atoms with van der Waals surface area (Å²) in [6.45, 7) is 2.66. The van der Waals surface area contributed by atoms with Gasteiger partial charge in [0.25, 0.3) is 5.91 Å². The molecule has 1 aliphatic carbocycles. The fourth-order valence-electron chi connectivity index (χ4n) is 4.98. The number of nitrogen functional groups attached to an aromatic ring is 1. The van der Waals surface area contributed by atoms with Gasteiger partial charge in [0.2, 0.25) is 5.43 Å². The molecule has 0 saturated heterocycles. The third kappa shape index (κ3) is 5.26. The largest absolute Gasteiger partial charge is 0.383 e. The van der Waals surface area contributed by atoms with E-state index in [-0.39, 0.29) is 39.9 Å². The number of carbonyl (C=O) groups is 1. The van der Waals surface area contributed by atoms with Crippen molar-refractivity contribution >= 4 is 17.4 Å². The van der Waals surface area contributed by atoms with Gasteiger partial charge in [0, 0.05) is 59.1 Å². The zero-order valence-corrected chi connectivity index (χ0v) is 23.0. The van der Waals surface area contributed by atoms with Crippen molar-refractivity contribution in [3.8, 4) is 39.4 Å². The molecule has 3 N–H and O–H groups in total. The van der Waals surface area contributed by atoms with E-state index in [2.05, 4.69) is 21.5 Å². The number of carbonyl (C=O) groups excluding carboxylic acids is 1. The number of nitriles is 1. The maximum atomic E-state index is 15.5. The summed E-state index contributed by atoms with van der Waals surface area (Å²) in [4.78, 5) is 31.2. The molecule has 2 aromatic carbocycles. The first-order valence-electron chi connectivity index (χ1n) is 13.6. The topological polar surface area (TPSA) is 132 Å². The molecule has 3 aromatic heterocycles. The van der Waals surface area contributed by atoms with E-state index in [9.17, 15) is 19.2 Å². The van der Waals surface area contributed by atoms with E-state index in [1.807, 2.05) is 13.1 Å². The molecule has 214 valence electrons. The van der Waals surface area contributed by atoms with Crippen molar-refractivity contribution in [1.82, 2.24) is 19.3 Å². The van der Waals surface area contributed by atoms with Gasteiger partial charge in [-0.15, -0.1) is 0 Å². The predicted octanol–water partition coefficient (Wildman–Crippen LogP) is 5.78. The van der Waals surface area contributed by atoms with Crippen LogP contribution in [0.1, 0.15) is 41.9 Å². The maximum absolute atomic E-state index is 15.5. The Hall–Kier alpha value is -5.63. The molecule has 0 unspecified atom stereocenters. The lowest BCUT2D eigenvalue weighted by molar-refractivity contribution is 0.102. The van der Waals surface area contributed by atoms with Crippen LogP contribution in [0.25, 0.3) is 33.4 Å². The molecule has 0 atom stereocenters. The summed E-state index contributed by atoms with van der Waals surface area (Å²) >= 11 is 0. The first-order chi connectivity index (χ1) is 20.8. The fraction of sp³-hybridized carbons (Fsp3) is 0.156. The molecule has 11 heteroatoms. The van der Waals surface area contributed by atoms with Gasteiger partial charge >= 0.3 is 0 Å². The average Bonchev–Trinajstić information content (AvgIpc) is 3.73. The second-order valence-electron chi connectivity index (χ2n) is 10.2. The molecule has 43 heavy (non-hydrogen) atoms. The van der Waals surface area contributed by atoms with Gasteiger partial charge in [0.1, 0.15) is 34.8 Å². The van der Waals surface area contributed by atoms with E-state index in [0.29, 0.717) is 23.2 Å². The lowest BCUT2D eigenvalue weighted by Gasteiger charge is -2.15. The average molecular weight is 578 g/mol. The van der Waals surface area contributed by atoms with Gasteiger partial charge in [0.05, 0.1) is 11.8 Å². The zero-order chi connectivity index (χ0) is 30.2. The number of amides is 1. The molecule has 0 bridgehead atoms. The number of nitrogens with two attached hydrogens (primary N) is 1. The minimum Gasteiger partial charge on any atom is -0.383 e.